The Labute approximate surface area is 102 Å². The van der Waals surface area contributed by atoms with E-state index in [1.54, 1.807) is 0 Å². The molecular formula is C12H29NO2Si. The highest BCUT2D eigenvalue weighted by Gasteiger charge is 2.27. The van der Waals surface area contributed by atoms with Crippen LogP contribution in [-0.2, 0) is 4.74 Å². The fourth-order valence-corrected chi connectivity index (χ4v) is 5.07. The lowest BCUT2D eigenvalue weighted by molar-refractivity contribution is 0.0373. The van der Waals surface area contributed by atoms with Crippen molar-refractivity contribution in [3.05, 3.63) is 0 Å². The average molecular weight is 247 g/mol. The molecule has 0 aliphatic carbocycles. The Hall–Kier alpha value is 0.0969. The SMILES string of the molecule is C[SiH](C)C(CCOCC(O)CN)C(C)(C)C. The quantitative estimate of drug-likeness (QED) is 0.531. The van der Waals surface area contributed by atoms with Crippen LogP contribution in [0.2, 0.25) is 18.6 Å². The number of aliphatic hydroxyl groups excluding tert-OH is 1. The Morgan fingerprint density at radius 3 is 2.25 bits per heavy atom. The normalized spacial score (nSPS) is 16.5. The van der Waals surface area contributed by atoms with Crippen molar-refractivity contribution < 1.29 is 9.84 Å². The van der Waals surface area contributed by atoms with Gasteiger partial charge in [0.2, 0.25) is 0 Å². The van der Waals surface area contributed by atoms with E-state index in [4.69, 9.17) is 10.5 Å². The molecule has 3 N–H and O–H groups in total. The summed E-state index contributed by atoms with van der Waals surface area (Å²) in [4.78, 5) is 0. The first-order valence-corrected chi connectivity index (χ1v) is 9.22. The van der Waals surface area contributed by atoms with Crippen LogP contribution < -0.4 is 5.73 Å². The van der Waals surface area contributed by atoms with E-state index in [0.29, 0.717) is 12.0 Å². The smallest absolute Gasteiger partial charge is 0.0895 e. The van der Waals surface area contributed by atoms with E-state index in [1.165, 1.54) is 0 Å². The molecule has 4 heteroatoms. The zero-order chi connectivity index (χ0) is 12.8. The number of ether oxygens (including phenoxy) is 1. The van der Waals surface area contributed by atoms with Gasteiger partial charge in [-0.25, -0.2) is 0 Å². The average Bonchev–Trinajstić information content (AvgIpc) is 2.14. The summed E-state index contributed by atoms with van der Waals surface area (Å²) in [5.41, 5.74) is 6.46. The minimum absolute atomic E-state index is 0.279. The van der Waals surface area contributed by atoms with Crippen LogP contribution in [0.1, 0.15) is 27.2 Å². The maximum Gasteiger partial charge on any atom is 0.0895 e. The van der Waals surface area contributed by atoms with Gasteiger partial charge in [0.1, 0.15) is 0 Å². The monoisotopic (exact) mass is 247 g/mol. The molecule has 0 saturated carbocycles. The molecule has 0 aromatic rings. The van der Waals surface area contributed by atoms with Gasteiger partial charge in [-0.05, 0) is 17.4 Å². The molecule has 0 aliphatic heterocycles. The third kappa shape index (κ3) is 6.63. The van der Waals surface area contributed by atoms with E-state index < -0.39 is 14.9 Å². The van der Waals surface area contributed by atoms with Gasteiger partial charge >= 0.3 is 0 Å². The molecule has 0 spiro atoms. The molecular weight excluding hydrogens is 218 g/mol. The van der Waals surface area contributed by atoms with E-state index in [9.17, 15) is 5.11 Å². The topological polar surface area (TPSA) is 55.5 Å². The van der Waals surface area contributed by atoms with Crippen LogP contribution in [0.5, 0.6) is 0 Å². The molecule has 0 amide bonds. The van der Waals surface area contributed by atoms with Crippen molar-refractivity contribution in [2.45, 2.75) is 51.9 Å². The minimum atomic E-state index is -0.652. The molecule has 0 aliphatic rings. The van der Waals surface area contributed by atoms with Crippen molar-refractivity contribution in [3.63, 3.8) is 0 Å². The Morgan fingerprint density at radius 1 is 1.31 bits per heavy atom. The number of aliphatic hydroxyl groups is 1. The highest BCUT2D eigenvalue weighted by Crippen LogP contribution is 2.36. The fourth-order valence-electron chi connectivity index (χ4n) is 2.26. The van der Waals surface area contributed by atoms with Gasteiger partial charge in [0.25, 0.3) is 0 Å². The standard InChI is InChI=1S/C12H29NO2Si/c1-12(2,3)11(16(4)5)6-7-15-9-10(14)8-13/h10-11,14,16H,6-9,13H2,1-5H3. The number of hydrogen-bond acceptors (Lipinski definition) is 3. The molecule has 0 radical (unpaired) electrons. The molecule has 0 fully saturated rings. The Morgan fingerprint density at radius 2 is 1.88 bits per heavy atom. The van der Waals surface area contributed by atoms with E-state index in [1.807, 2.05) is 0 Å². The summed E-state index contributed by atoms with van der Waals surface area (Å²) >= 11 is 0. The van der Waals surface area contributed by atoms with Crippen molar-refractivity contribution in [2.75, 3.05) is 19.8 Å². The van der Waals surface area contributed by atoms with Gasteiger partial charge in [0.15, 0.2) is 0 Å². The second kappa shape index (κ2) is 7.43. The first-order chi connectivity index (χ1) is 7.29. The second-order valence-electron chi connectivity index (χ2n) is 5.97. The molecule has 0 heterocycles. The van der Waals surface area contributed by atoms with Gasteiger partial charge in [-0.1, -0.05) is 33.9 Å². The second-order valence-corrected chi connectivity index (χ2v) is 9.26. The summed E-state index contributed by atoms with van der Waals surface area (Å²) in [5.74, 6) is 0. The van der Waals surface area contributed by atoms with Gasteiger partial charge in [0.05, 0.1) is 12.7 Å². The fraction of sp³-hybridized carbons (Fsp3) is 1.00. The maximum atomic E-state index is 9.25. The molecule has 0 aromatic carbocycles. The maximum absolute atomic E-state index is 9.25. The lowest BCUT2D eigenvalue weighted by Crippen LogP contribution is -2.29. The van der Waals surface area contributed by atoms with Crippen molar-refractivity contribution in [1.29, 1.82) is 0 Å². The van der Waals surface area contributed by atoms with Crippen LogP contribution in [0.3, 0.4) is 0 Å². The van der Waals surface area contributed by atoms with Crippen LogP contribution in [0.4, 0.5) is 0 Å². The number of nitrogens with two attached hydrogens (primary N) is 1. The molecule has 2 atom stereocenters. The molecule has 0 rings (SSSR count). The van der Waals surface area contributed by atoms with Crippen molar-refractivity contribution >= 4 is 8.80 Å². The molecule has 98 valence electrons. The predicted molar refractivity (Wildman–Crippen MR) is 72.6 cm³/mol. The largest absolute Gasteiger partial charge is 0.389 e. The summed E-state index contributed by atoms with van der Waals surface area (Å²) in [5, 5.41) is 9.25. The van der Waals surface area contributed by atoms with E-state index in [2.05, 4.69) is 33.9 Å². The van der Waals surface area contributed by atoms with E-state index in [-0.39, 0.29) is 6.54 Å². The van der Waals surface area contributed by atoms with Gasteiger partial charge in [-0.2, -0.15) is 0 Å². The Balaban J connectivity index is 3.87. The zero-order valence-corrected chi connectivity index (χ0v) is 12.6. The Bertz CT molecular complexity index is 180. The van der Waals surface area contributed by atoms with Crippen LogP contribution in [0, 0.1) is 5.41 Å². The highest BCUT2D eigenvalue weighted by atomic mass is 28.3. The predicted octanol–water partition coefficient (Wildman–Crippen LogP) is 1.62. The van der Waals surface area contributed by atoms with Crippen LogP contribution in [-0.4, -0.2) is 39.8 Å². The molecule has 16 heavy (non-hydrogen) atoms. The first-order valence-electron chi connectivity index (χ1n) is 6.25. The lowest BCUT2D eigenvalue weighted by atomic mass is 9.90. The van der Waals surface area contributed by atoms with Gasteiger partial charge < -0.3 is 15.6 Å². The lowest BCUT2D eigenvalue weighted by Gasteiger charge is -2.33. The molecule has 2 unspecified atom stereocenters. The van der Waals surface area contributed by atoms with Crippen molar-refractivity contribution in [3.8, 4) is 0 Å². The summed E-state index contributed by atoms with van der Waals surface area (Å²) in [6, 6.07) is 0. The van der Waals surface area contributed by atoms with Crippen LogP contribution >= 0.6 is 0 Å². The molecule has 0 bridgehead atoms. The van der Waals surface area contributed by atoms with Crippen molar-refractivity contribution in [2.24, 2.45) is 11.1 Å². The summed E-state index contributed by atoms with van der Waals surface area (Å²) in [7, 11) is -0.652. The Kier molecular flexibility index (Phi) is 7.47. The highest BCUT2D eigenvalue weighted by molar-refractivity contribution is 6.57. The van der Waals surface area contributed by atoms with Crippen molar-refractivity contribution in [1.82, 2.24) is 0 Å². The third-order valence-electron chi connectivity index (χ3n) is 3.07. The van der Waals surface area contributed by atoms with E-state index in [0.717, 1.165) is 18.6 Å². The van der Waals surface area contributed by atoms with Gasteiger partial charge in [-0.15, -0.1) is 0 Å². The minimum Gasteiger partial charge on any atom is -0.389 e. The summed E-state index contributed by atoms with van der Waals surface area (Å²) < 4.78 is 5.45. The number of hydrogen-bond donors (Lipinski definition) is 2. The van der Waals surface area contributed by atoms with Gasteiger partial charge in [0, 0.05) is 21.9 Å². The molecule has 0 aromatic heterocycles. The van der Waals surface area contributed by atoms with Gasteiger partial charge in [-0.3, -0.25) is 0 Å². The van der Waals surface area contributed by atoms with E-state index >= 15 is 0 Å². The van der Waals surface area contributed by atoms with Crippen LogP contribution in [0.25, 0.3) is 0 Å². The zero-order valence-electron chi connectivity index (χ0n) is 11.5. The van der Waals surface area contributed by atoms with Crippen LogP contribution in [0.15, 0.2) is 0 Å². The summed E-state index contributed by atoms with van der Waals surface area (Å²) in [6.07, 6.45) is 0.592. The molecule has 0 saturated heterocycles. The first kappa shape index (κ1) is 16.1. The third-order valence-corrected chi connectivity index (χ3v) is 6.02. The summed E-state index contributed by atoms with van der Waals surface area (Å²) in [6.45, 7) is 13.1. The number of rotatable bonds is 7. The molecule has 3 nitrogen and oxygen atoms in total.